The summed E-state index contributed by atoms with van der Waals surface area (Å²) in [5.41, 5.74) is 1.82. The van der Waals surface area contributed by atoms with Gasteiger partial charge in [-0.2, -0.15) is 0 Å². The van der Waals surface area contributed by atoms with Crippen molar-refractivity contribution in [2.45, 2.75) is 33.2 Å². The van der Waals surface area contributed by atoms with E-state index in [1.165, 1.54) is 12.1 Å². The van der Waals surface area contributed by atoms with Crippen LogP contribution in [0.25, 0.3) is 0 Å². The van der Waals surface area contributed by atoms with Gasteiger partial charge in [0.2, 0.25) is 5.91 Å². The van der Waals surface area contributed by atoms with Crippen molar-refractivity contribution in [3.63, 3.8) is 0 Å². The maximum atomic E-state index is 13.3. The van der Waals surface area contributed by atoms with E-state index in [4.69, 9.17) is 0 Å². The molecule has 4 nitrogen and oxygen atoms in total. The van der Waals surface area contributed by atoms with E-state index in [1.807, 2.05) is 38.1 Å². The summed E-state index contributed by atoms with van der Waals surface area (Å²) >= 11 is 0. The van der Waals surface area contributed by atoms with E-state index in [0.29, 0.717) is 18.7 Å². The van der Waals surface area contributed by atoms with Gasteiger partial charge in [-0.1, -0.05) is 29.8 Å². The molecular formula is C22H25FN2O2. The first-order valence-electron chi connectivity index (χ1n) is 9.26. The standard InChI is InChI=1S/C22H25FN2O2/c1-16-7-9-18(10-8-16)20(26)25-12-4-11-22(2,15-25)21(27)24-14-17-5-3-6-19(23)13-17/h3,5-10,13H,4,11-12,14-15H2,1-2H3,(H,24,27)/t22-/m0/s1. The Bertz CT molecular complexity index is 834. The highest BCUT2D eigenvalue weighted by atomic mass is 19.1. The summed E-state index contributed by atoms with van der Waals surface area (Å²) in [6.07, 6.45) is 1.50. The predicted molar refractivity (Wildman–Crippen MR) is 103 cm³/mol. The molecule has 0 aliphatic carbocycles. The number of nitrogens with zero attached hydrogens (tertiary/aromatic N) is 1. The van der Waals surface area contributed by atoms with Gasteiger partial charge < -0.3 is 10.2 Å². The molecule has 0 radical (unpaired) electrons. The molecule has 0 bridgehead atoms. The van der Waals surface area contributed by atoms with Crippen LogP contribution in [-0.2, 0) is 11.3 Å². The lowest BCUT2D eigenvalue weighted by Crippen LogP contribution is -2.51. The fourth-order valence-electron chi connectivity index (χ4n) is 3.52. The highest BCUT2D eigenvalue weighted by molar-refractivity contribution is 5.95. The Kier molecular flexibility index (Phi) is 5.59. The normalized spacial score (nSPS) is 19.6. The van der Waals surface area contributed by atoms with Gasteiger partial charge in [-0.05, 0) is 56.5 Å². The molecule has 5 heteroatoms. The Morgan fingerprint density at radius 1 is 1.19 bits per heavy atom. The second-order valence-electron chi connectivity index (χ2n) is 7.57. The van der Waals surface area contributed by atoms with E-state index in [1.54, 1.807) is 17.0 Å². The smallest absolute Gasteiger partial charge is 0.253 e. The summed E-state index contributed by atoms with van der Waals surface area (Å²) in [6, 6.07) is 13.7. The molecule has 142 valence electrons. The SMILES string of the molecule is Cc1ccc(C(=O)N2CCC[C@](C)(C(=O)NCc3cccc(F)c3)C2)cc1. The predicted octanol–water partition coefficient (Wildman–Crippen LogP) is 3.69. The number of nitrogens with one attached hydrogen (secondary N) is 1. The van der Waals surface area contributed by atoms with E-state index in [2.05, 4.69) is 5.32 Å². The van der Waals surface area contributed by atoms with Crippen LogP contribution < -0.4 is 5.32 Å². The third-order valence-corrected chi connectivity index (χ3v) is 5.17. The molecule has 2 aromatic rings. The molecule has 1 heterocycles. The monoisotopic (exact) mass is 368 g/mol. The second kappa shape index (κ2) is 7.91. The van der Waals surface area contributed by atoms with E-state index >= 15 is 0 Å². The zero-order valence-electron chi connectivity index (χ0n) is 15.8. The van der Waals surface area contributed by atoms with Crippen LogP contribution in [0.5, 0.6) is 0 Å². The summed E-state index contributed by atoms with van der Waals surface area (Å²) in [6.45, 7) is 5.18. The van der Waals surface area contributed by atoms with Crippen LogP contribution in [0.1, 0.15) is 41.3 Å². The van der Waals surface area contributed by atoms with Gasteiger partial charge in [-0.25, -0.2) is 4.39 Å². The van der Waals surface area contributed by atoms with E-state index < -0.39 is 5.41 Å². The largest absolute Gasteiger partial charge is 0.351 e. The molecule has 1 saturated heterocycles. The average Bonchev–Trinajstić information content (AvgIpc) is 2.66. The van der Waals surface area contributed by atoms with Crippen molar-refractivity contribution < 1.29 is 14.0 Å². The Balaban J connectivity index is 1.65. The lowest BCUT2D eigenvalue weighted by atomic mass is 9.80. The molecular weight excluding hydrogens is 343 g/mol. The maximum Gasteiger partial charge on any atom is 0.253 e. The molecule has 27 heavy (non-hydrogen) atoms. The van der Waals surface area contributed by atoms with Gasteiger partial charge in [0.05, 0.1) is 5.41 Å². The Hall–Kier alpha value is -2.69. The average molecular weight is 368 g/mol. The van der Waals surface area contributed by atoms with Crippen molar-refractivity contribution in [3.8, 4) is 0 Å². The quantitative estimate of drug-likeness (QED) is 0.895. The summed E-state index contributed by atoms with van der Waals surface area (Å²) in [5, 5.41) is 2.90. The minimum absolute atomic E-state index is 0.0427. The van der Waals surface area contributed by atoms with Gasteiger partial charge in [-0.15, -0.1) is 0 Å². The molecule has 1 atom stereocenters. The molecule has 2 aromatic carbocycles. The second-order valence-corrected chi connectivity index (χ2v) is 7.57. The van der Waals surface area contributed by atoms with Crippen LogP contribution in [0.2, 0.25) is 0 Å². The number of halogens is 1. The van der Waals surface area contributed by atoms with Gasteiger partial charge in [0.15, 0.2) is 0 Å². The number of carbonyl (C=O) groups excluding carboxylic acids is 2. The molecule has 0 unspecified atom stereocenters. The van der Waals surface area contributed by atoms with E-state index in [0.717, 1.165) is 24.0 Å². The first-order chi connectivity index (χ1) is 12.9. The van der Waals surface area contributed by atoms with Crippen molar-refractivity contribution >= 4 is 11.8 Å². The van der Waals surface area contributed by atoms with Gasteiger partial charge in [-0.3, -0.25) is 9.59 Å². The number of likely N-dealkylation sites (tertiary alicyclic amines) is 1. The van der Waals surface area contributed by atoms with Crippen LogP contribution in [0, 0.1) is 18.2 Å². The molecule has 0 aromatic heterocycles. The van der Waals surface area contributed by atoms with Crippen LogP contribution in [0.3, 0.4) is 0 Å². The molecule has 3 rings (SSSR count). The molecule has 0 saturated carbocycles. The van der Waals surface area contributed by atoms with Gasteiger partial charge >= 0.3 is 0 Å². The third-order valence-electron chi connectivity index (χ3n) is 5.17. The van der Waals surface area contributed by atoms with Crippen molar-refractivity contribution in [2.24, 2.45) is 5.41 Å². The number of hydrogen-bond acceptors (Lipinski definition) is 2. The Morgan fingerprint density at radius 3 is 2.63 bits per heavy atom. The zero-order chi connectivity index (χ0) is 19.4. The minimum Gasteiger partial charge on any atom is -0.351 e. The first-order valence-corrected chi connectivity index (χ1v) is 9.26. The van der Waals surface area contributed by atoms with Crippen LogP contribution in [0.15, 0.2) is 48.5 Å². The van der Waals surface area contributed by atoms with E-state index in [-0.39, 0.29) is 24.2 Å². The topological polar surface area (TPSA) is 49.4 Å². The number of rotatable bonds is 4. The lowest BCUT2D eigenvalue weighted by molar-refractivity contribution is -0.132. The molecule has 2 amide bonds. The fraction of sp³-hybridized carbons (Fsp3) is 0.364. The van der Waals surface area contributed by atoms with Crippen molar-refractivity contribution in [2.75, 3.05) is 13.1 Å². The molecule has 1 N–H and O–H groups in total. The van der Waals surface area contributed by atoms with Crippen LogP contribution >= 0.6 is 0 Å². The highest BCUT2D eigenvalue weighted by Crippen LogP contribution is 2.30. The number of piperidine rings is 1. The maximum absolute atomic E-state index is 13.3. The number of amides is 2. The van der Waals surface area contributed by atoms with E-state index in [9.17, 15) is 14.0 Å². The lowest BCUT2D eigenvalue weighted by Gasteiger charge is -2.39. The summed E-state index contributed by atoms with van der Waals surface area (Å²) < 4.78 is 13.3. The van der Waals surface area contributed by atoms with Gasteiger partial charge in [0.25, 0.3) is 5.91 Å². The zero-order valence-corrected chi connectivity index (χ0v) is 15.8. The molecule has 1 aliphatic rings. The highest BCUT2D eigenvalue weighted by Gasteiger charge is 2.39. The fourth-order valence-corrected chi connectivity index (χ4v) is 3.52. The van der Waals surface area contributed by atoms with Crippen molar-refractivity contribution in [1.82, 2.24) is 10.2 Å². The van der Waals surface area contributed by atoms with Crippen molar-refractivity contribution in [3.05, 3.63) is 71.0 Å². The summed E-state index contributed by atoms with van der Waals surface area (Å²) in [5.74, 6) is -0.465. The van der Waals surface area contributed by atoms with Crippen LogP contribution in [0.4, 0.5) is 4.39 Å². The molecule has 1 fully saturated rings. The summed E-state index contributed by atoms with van der Waals surface area (Å²) in [7, 11) is 0. The van der Waals surface area contributed by atoms with Crippen molar-refractivity contribution in [1.29, 1.82) is 0 Å². The third kappa shape index (κ3) is 4.54. The number of aryl methyl sites for hydroxylation is 1. The first kappa shape index (κ1) is 19.1. The summed E-state index contributed by atoms with van der Waals surface area (Å²) in [4.78, 5) is 27.3. The van der Waals surface area contributed by atoms with Crippen LogP contribution in [-0.4, -0.2) is 29.8 Å². The molecule has 0 spiro atoms. The number of hydrogen-bond donors (Lipinski definition) is 1. The number of benzene rings is 2. The minimum atomic E-state index is -0.647. The Labute approximate surface area is 159 Å². The van der Waals surface area contributed by atoms with Gasteiger partial charge in [0.1, 0.15) is 5.82 Å². The van der Waals surface area contributed by atoms with Gasteiger partial charge in [0, 0.05) is 25.2 Å². The molecule has 1 aliphatic heterocycles. The number of carbonyl (C=O) groups is 2. The Morgan fingerprint density at radius 2 is 1.93 bits per heavy atom.